The molecule has 27 heavy (non-hydrogen) atoms. The Balaban J connectivity index is 1.61. The first-order valence-electron chi connectivity index (χ1n) is 7.76. The van der Waals surface area contributed by atoms with Crippen LogP contribution in [-0.4, -0.2) is 25.0 Å². The first kappa shape index (κ1) is 19.4. The summed E-state index contributed by atoms with van der Waals surface area (Å²) in [5, 5.41) is 0.954. The number of amides is 2. The second-order valence-electron chi connectivity index (χ2n) is 5.43. The van der Waals surface area contributed by atoms with Crippen LogP contribution in [0.3, 0.4) is 0 Å². The van der Waals surface area contributed by atoms with E-state index in [1.165, 1.54) is 24.3 Å². The van der Waals surface area contributed by atoms with Crippen molar-refractivity contribution in [1.82, 2.24) is 10.9 Å². The number of hydrogen-bond acceptors (Lipinski definition) is 4. The Hall–Kier alpha value is -2.41. The fourth-order valence-corrected chi connectivity index (χ4v) is 2.95. The minimum Gasteiger partial charge on any atom is -0.486 e. The van der Waals surface area contributed by atoms with Crippen molar-refractivity contribution in [2.45, 2.75) is 0 Å². The molecule has 0 aliphatic carbocycles. The number of ether oxygens (including phenoxy) is 2. The molecule has 2 aromatic rings. The van der Waals surface area contributed by atoms with Crippen LogP contribution < -0.4 is 20.3 Å². The lowest BCUT2D eigenvalue weighted by atomic mass is 10.1. The molecule has 0 saturated heterocycles. The van der Waals surface area contributed by atoms with E-state index in [0.717, 1.165) is 0 Å². The Kier molecular flexibility index (Phi) is 6.11. The van der Waals surface area contributed by atoms with Crippen molar-refractivity contribution in [1.29, 1.82) is 0 Å². The first-order chi connectivity index (χ1) is 12.9. The lowest BCUT2D eigenvalue weighted by Gasteiger charge is -2.19. The summed E-state index contributed by atoms with van der Waals surface area (Å²) in [5.41, 5.74) is 5.31. The third-order valence-corrected chi connectivity index (χ3v) is 4.36. The first-order valence-corrected chi connectivity index (χ1v) is 8.90. The van der Waals surface area contributed by atoms with Crippen LogP contribution in [0.15, 0.2) is 36.4 Å². The van der Waals surface area contributed by atoms with Crippen molar-refractivity contribution in [3.8, 4) is 11.5 Å². The predicted molar refractivity (Wildman–Crippen MR) is 104 cm³/mol. The topological polar surface area (TPSA) is 76.7 Å². The molecule has 0 fully saturated rings. The van der Waals surface area contributed by atoms with Crippen molar-refractivity contribution in [3.63, 3.8) is 0 Å². The van der Waals surface area contributed by atoms with Gasteiger partial charge < -0.3 is 9.47 Å². The largest absolute Gasteiger partial charge is 0.486 e. The molecular formula is C18H13Cl3N2O4. The van der Waals surface area contributed by atoms with Crippen LogP contribution in [0.4, 0.5) is 0 Å². The van der Waals surface area contributed by atoms with Crippen molar-refractivity contribution in [2.75, 3.05) is 13.2 Å². The predicted octanol–water partition coefficient (Wildman–Crippen LogP) is 3.89. The molecule has 1 heterocycles. The molecule has 2 N–H and O–H groups in total. The van der Waals surface area contributed by atoms with Gasteiger partial charge in [-0.05, 0) is 42.0 Å². The molecule has 9 heteroatoms. The van der Waals surface area contributed by atoms with E-state index < -0.39 is 11.8 Å². The number of nitrogens with one attached hydrogen (secondary N) is 2. The SMILES string of the molecule is O=C(/C=C/c1cc(Cl)c2c(c1)OCCO2)NNC(=O)c1cc(Cl)ccc1Cl. The summed E-state index contributed by atoms with van der Waals surface area (Å²) >= 11 is 17.9. The van der Waals surface area contributed by atoms with Crippen LogP contribution in [0, 0.1) is 0 Å². The molecule has 0 spiro atoms. The lowest BCUT2D eigenvalue weighted by Crippen LogP contribution is -2.40. The monoisotopic (exact) mass is 426 g/mol. The van der Waals surface area contributed by atoms with Crippen LogP contribution in [0.2, 0.25) is 15.1 Å². The minimum atomic E-state index is -0.591. The second kappa shape index (κ2) is 8.52. The smallest absolute Gasteiger partial charge is 0.271 e. The summed E-state index contributed by atoms with van der Waals surface area (Å²) in [6.07, 6.45) is 2.76. The van der Waals surface area contributed by atoms with E-state index >= 15 is 0 Å². The maximum Gasteiger partial charge on any atom is 0.271 e. The Morgan fingerprint density at radius 2 is 1.74 bits per heavy atom. The number of hydrogen-bond donors (Lipinski definition) is 2. The van der Waals surface area contributed by atoms with E-state index in [1.54, 1.807) is 18.2 Å². The van der Waals surface area contributed by atoms with Gasteiger partial charge in [0.15, 0.2) is 11.5 Å². The van der Waals surface area contributed by atoms with Crippen molar-refractivity contribution >= 4 is 52.7 Å². The Labute approximate surface area is 170 Å². The molecule has 0 bridgehead atoms. The normalized spacial score (nSPS) is 12.7. The zero-order valence-corrected chi connectivity index (χ0v) is 16.0. The average molecular weight is 428 g/mol. The molecule has 2 aromatic carbocycles. The van der Waals surface area contributed by atoms with Gasteiger partial charge in [-0.1, -0.05) is 34.8 Å². The van der Waals surface area contributed by atoms with Crippen LogP contribution in [-0.2, 0) is 4.79 Å². The van der Waals surface area contributed by atoms with E-state index in [4.69, 9.17) is 44.3 Å². The van der Waals surface area contributed by atoms with Crippen LogP contribution in [0.1, 0.15) is 15.9 Å². The summed E-state index contributed by atoms with van der Waals surface area (Å²) in [6, 6.07) is 7.79. The quantitative estimate of drug-likeness (QED) is 0.575. The van der Waals surface area contributed by atoms with Gasteiger partial charge in [0.25, 0.3) is 11.8 Å². The zero-order valence-electron chi connectivity index (χ0n) is 13.7. The highest BCUT2D eigenvalue weighted by atomic mass is 35.5. The highest BCUT2D eigenvalue weighted by molar-refractivity contribution is 6.35. The number of fused-ring (bicyclic) bond motifs is 1. The summed E-state index contributed by atoms with van der Waals surface area (Å²) in [7, 11) is 0. The number of carbonyl (C=O) groups is 2. The van der Waals surface area contributed by atoms with Crippen molar-refractivity contribution in [2.24, 2.45) is 0 Å². The average Bonchev–Trinajstić information content (AvgIpc) is 2.66. The molecule has 1 aliphatic rings. The standard InChI is InChI=1S/C18H13Cl3N2O4/c19-11-2-3-13(20)12(9-11)18(25)23-22-16(24)4-1-10-7-14(21)17-15(8-10)26-5-6-27-17/h1-4,7-9H,5-6H2,(H,22,24)(H,23,25)/b4-1+. The summed E-state index contributed by atoms with van der Waals surface area (Å²) in [5.74, 6) is -0.146. The molecule has 3 rings (SSSR count). The summed E-state index contributed by atoms with van der Waals surface area (Å²) in [6.45, 7) is 0.857. The van der Waals surface area contributed by atoms with Gasteiger partial charge in [0.2, 0.25) is 0 Å². The fourth-order valence-electron chi connectivity index (χ4n) is 2.30. The van der Waals surface area contributed by atoms with Gasteiger partial charge in [0.05, 0.1) is 15.6 Å². The number of hydrazine groups is 1. The van der Waals surface area contributed by atoms with Gasteiger partial charge in [-0.15, -0.1) is 0 Å². The molecule has 140 valence electrons. The summed E-state index contributed by atoms with van der Waals surface area (Å²) < 4.78 is 10.9. The molecular weight excluding hydrogens is 415 g/mol. The maximum absolute atomic E-state index is 12.1. The number of rotatable bonds is 3. The van der Waals surface area contributed by atoms with Gasteiger partial charge in [-0.3, -0.25) is 20.4 Å². The molecule has 0 radical (unpaired) electrons. The van der Waals surface area contributed by atoms with E-state index in [2.05, 4.69) is 10.9 Å². The highest BCUT2D eigenvalue weighted by Crippen LogP contribution is 2.38. The number of benzene rings is 2. The Morgan fingerprint density at radius 3 is 2.56 bits per heavy atom. The molecule has 0 unspecified atom stereocenters. The van der Waals surface area contributed by atoms with Gasteiger partial charge in [0, 0.05) is 11.1 Å². The van der Waals surface area contributed by atoms with Crippen LogP contribution in [0.25, 0.3) is 6.08 Å². The molecule has 0 atom stereocenters. The minimum absolute atomic E-state index is 0.145. The summed E-state index contributed by atoms with van der Waals surface area (Å²) in [4.78, 5) is 24.0. The van der Waals surface area contributed by atoms with Crippen molar-refractivity contribution in [3.05, 3.63) is 62.6 Å². The second-order valence-corrected chi connectivity index (χ2v) is 6.68. The van der Waals surface area contributed by atoms with E-state index in [-0.39, 0.29) is 10.6 Å². The zero-order chi connectivity index (χ0) is 19.4. The molecule has 0 aromatic heterocycles. The Morgan fingerprint density at radius 1 is 0.963 bits per heavy atom. The molecule has 2 amide bonds. The van der Waals surface area contributed by atoms with Gasteiger partial charge in [-0.2, -0.15) is 0 Å². The van der Waals surface area contributed by atoms with E-state index in [0.29, 0.717) is 40.3 Å². The highest BCUT2D eigenvalue weighted by Gasteiger charge is 2.16. The van der Waals surface area contributed by atoms with E-state index in [9.17, 15) is 9.59 Å². The third-order valence-electron chi connectivity index (χ3n) is 3.52. The molecule has 6 nitrogen and oxygen atoms in total. The number of carbonyl (C=O) groups excluding carboxylic acids is 2. The van der Waals surface area contributed by atoms with Crippen molar-refractivity contribution < 1.29 is 19.1 Å². The van der Waals surface area contributed by atoms with Gasteiger partial charge >= 0.3 is 0 Å². The fraction of sp³-hybridized carbons (Fsp3) is 0.111. The Bertz CT molecular complexity index is 931. The van der Waals surface area contributed by atoms with Crippen LogP contribution >= 0.6 is 34.8 Å². The van der Waals surface area contributed by atoms with E-state index in [1.807, 2.05) is 0 Å². The van der Waals surface area contributed by atoms with Gasteiger partial charge in [0.1, 0.15) is 13.2 Å². The maximum atomic E-state index is 12.1. The third kappa shape index (κ3) is 4.86. The lowest BCUT2D eigenvalue weighted by molar-refractivity contribution is -0.117. The molecule has 0 saturated carbocycles. The van der Waals surface area contributed by atoms with Crippen LogP contribution in [0.5, 0.6) is 11.5 Å². The number of halogens is 3. The molecule has 1 aliphatic heterocycles. The van der Waals surface area contributed by atoms with Gasteiger partial charge in [-0.25, -0.2) is 0 Å².